The Morgan fingerprint density at radius 2 is 1.17 bits per heavy atom. The lowest BCUT2D eigenvalue weighted by molar-refractivity contribution is -0.0739. The molecule has 0 aliphatic heterocycles. The Hall–Kier alpha value is -1.70. The van der Waals surface area contributed by atoms with Crippen LogP contribution < -0.4 is 0 Å². The van der Waals surface area contributed by atoms with E-state index in [1.54, 1.807) is 32.0 Å². The largest absolute Gasteiger partial charge is 0.282 e. The maximum absolute atomic E-state index is 14.7. The molecule has 0 saturated carbocycles. The molecule has 0 heterocycles. The van der Waals surface area contributed by atoms with Crippen LogP contribution in [0.2, 0.25) is 0 Å². The van der Waals surface area contributed by atoms with Crippen LogP contribution in [0.15, 0.2) is 48.5 Å². The molecule has 2 heteroatoms. The second-order valence-electron chi connectivity index (χ2n) is 5.29. The summed E-state index contributed by atoms with van der Waals surface area (Å²) in [5.41, 5.74) is 1.24. The Balaban J connectivity index is 2.43. The Bertz CT molecular complexity index is 556. The topological polar surface area (TPSA) is 0 Å². The molecule has 0 saturated heterocycles. The van der Waals surface area contributed by atoms with Crippen LogP contribution in [0, 0.1) is 0 Å². The van der Waals surface area contributed by atoms with Gasteiger partial charge in [-0.15, -0.1) is 0 Å². The molecule has 2 aromatic rings. The number of hydrogen-bond donors (Lipinski definition) is 0. The zero-order chi connectivity index (χ0) is 13.0. The molecule has 1 aliphatic rings. The van der Waals surface area contributed by atoms with E-state index in [1.807, 2.05) is 24.3 Å². The molecule has 0 bridgehead atoms. The van der Waals surface area contributed by atoms with Crippen LogP contribution in [-0.2, 0) is 11.3 Å². The first kappa shape index (κ1) is 11.4. The third-order valence-electron chi connectivity index (χ3n) is 3.94. The van der Waals surface area contributed by atoms with E-state index in [9.17, 15) is 8.78 Å². The number of rotatable bonds is 0. The number of fused-ring (bicyclic) bond motifs is 3. The summed E-state index contributed by atoms with van der Waals surface area (Å²) in [4.78, 5) is 0. The Kier molecular flexibility index (Phi) is 2.16. The zero-order valence-corrected chi connectivity index (χ0v) is 10.4. The monoisotopic (exact) mass is 244 g/mol. The second kappa shape index (κ2) is 3.41. The maximum Gasteiger partial charge on any atom is 0.282 e. The lowest BCUT2D eigenvalue weighted by Gasteiger charge is -2.41. The summed E-state index contributed by atoms with van der Waals surface area (Å²) in [6.45, 7) is 3.23. The fourth-order valence-electron chi connectivity index (χ4n) is 2.76. The second-order valence-corrected chi connectivity index (χ2v) is 5.29. The molecular weight excluding hydrogens is 230 g/mol. The van der Waals surface area contributed by atoms with Crippen molar-refractivity contribution in [3.8, 4) is 11.1 Å². The molecule has 0 aromatic heterocycles. The summed E-state index contributed by atoms with van der Waals surface area (Å²) in [5.74, 6) is -2.85. The summed E-state index contributed by atoms with van der Waals surface area (Å²) in [6, 6.07) is 14.2. The molecule has 0 nitrogen and oxygen atoms in total. The molecule has 0 N–H and O–H groups in total. The van der Waals surface area contributed by atoms with Gasteiger partial charge in [-0.3, -0.25) is 0 Å². The van der Waals surface area contributed by atoms with E-state index in [1.165, 1.54) is 6.07 Å². The van der Waals surface area contributed by atoms with Crippen molar-refractivity contribution in [1.29, 1.82) is 0 Å². The minimum Gasteiger partial charge on any atom is -0.200 e. The van der Waals surface area contributed by atoms with Crippen molar-refractivity contribution in [2.45, 2.75) is 25.2 Å². The smallest absolute Gasteiger partial charge is 0.200 e. The summed E-state index contributed by atoms with van der Waals surface area (Å²) in [7, 11) is 0. The molecule has 0 atom stereocenters. The molecule has 0 unspecified atom stereocenters. The lowest BCUT2D eigenvalue weighted by atomic mass is 9.67. The normalized spacial score (nSPS) is 18.9. The minimum absolute atomic E-state index is 0.133. The molecule has 0 radical (unpaired) electrons. The number of hydrogen-bond acceptors (Lipinski definition) is 0. The lowest BCUT2D eigenvalue weighted by Crippen LogP contribution is -2.41. The Morgan fingerprint density at radius 1 is 0.722 bits per heavy atom. The summed E-state index contributed by atoms with van der Waals surface area (Å²) >= 11 is 0. The van der Waals surface area contributed by atoms with Crippen LogP contribution in [0.3, 0.4) is 0 Å². The number of benzene rings is 2. The summed E-state index contributed by atoms with van der Waals surface area (Å²) < 4.78 is 29.3. The van der Waals surface area contributed by atoms with Gasteiger partial charge in [0.05, 0.1) is 5.41 Å². The van der Waals surface area contributed by atoms with Gasteiger partial charge in [-0.2, -0.15) is 0 Å². The van der Waals surface area contributed by atoms with Gasteiger partial charge in [0, 0.05) is 5.56 Å². The number of alkyl halides is 2. The first-order valence-corrected chi connectivity index (χ1v) is 6.03. The van der Waals surface area contributed by atoms with Crippen LogP contribution in [-0.4, -0.2) is 0 Å². The molecular formula is C16H14F2. The van der Waals surface area contributed by atoms with Crippen LogP contribution in [0.1, 0.15) is 25.0 Å². The Labute approximate surface area is 105 Å². The van der Waals surface area contributed by atoms with Crippen molar-refractivity contribution in [3.63, 3.8) is 0 Å². The average molecular weight is 244 g/mol. The minimum atomic E-state index is -2.85. The van der Waals surface area contributed by atoms with Crippen LogP contribution in [0.4, 0.5) is 8.78 Å². The highest BCUT2D eigenvalue weighted by atomic mass is 19.3. The fourth-order valence-corrected chi connectivity index (χ4v) is 2.76. The first-order valence-electron chi connectivity index (χ1n) is 6.03. The molecule has 18 heavy (non-hydrogen) atoms. The van der Waals surface area contributed by atoms with Crippen LogP contribution >= 0.6 is 0 Å². The van der Waals surface area contributed by atoms with Crippen molar-refractivity contribution >= 4 is 0 Å². The van der Waals surface area contributed by atoms with Gasteiger partial charge >= 0.3 is 0 Å². The molecule has 0 spiro atoms. The standard InChI is InChI=1S/C16H14F2/c1-15(2)13-9-5-3-7-11(13)12-8-4-6-10-14(12)16(15,17)18/h3-10H,1-2H3. The van der Waals surface area contributed by atoms with Crippen molar-refractivity contribution in [2.75, 3.05) is 0 Å². The van der Waals surface area contributed by atoms with Gasteiger partial charge in [-0.1, -0.05) is 48.5 Å². The van der Waals surface area contributed by atoms with Gasteiger partial charge in [-0.25, -0.2) is 8.78 Å². The van der Waals surface area contributed by atoms with Gasteiger partial charge in [0.15, 0.2) is 0 Å². The SMILES string of the molecule is CC1(C)c2ccccc2-c2ccccc2C1(F)F. The molecule has 1 aliphatic carbocycles. The van der Waals surface area contributed by atoms with E-state index in [4.69, 9.17) is 0 Å². The fraction of sp³-hybridized carbons (Fsp3) is 0.250. The predicted octanol–water partition coefficient (Wildman–Crippen LogP) is 4.74. The predicted molar refractivity (Wildman–Crippen MR) is 68.8 cm³/mol. The third kappa shape index (κ3) is 1.23. The van der Waals surface area contributed by atoms with Crippen molar-refractivity contribution in [3.05, 3.63) is 59.7 Å². The van der Waals surface area contributed by atoms with Gasteiger partial charge in [0.2, 0.25) is 0 Å². The van der Waals surface area contributed by atoms with Crippen molar-refractivity contribution < 1.29 is 8.78 Å². The van der Waals surface area contributed by atoms with Gasteiger partial charge in [0.1, 0.15) is 0 Å². The first-order chi connectivity index (χ1) is 8.46. The van der Waals surface area contributed by atoms with E-state index < -0.39 is 11.3 Å². The summed E-state index contributed by atoms with van der Waals surface area (Å²) in [5, 5.41) is 0. The molecule has 3 rings (SSSR count). The van der Waals surface area contributed by atoms with Crippen LogP contribution in [0.5, 0.6) is 0 Å². The van der Waals surface area contributed by atoms with E-state index >= 15 is 0 Å². The average Bonchev–Trinajstić information content (AvgIpc) is 2.37. The van der Waals surface area contributed by atoms with E-state index in [0.717, 1.165) is 5.56 Å². The highest BCUT2D eigenvalue weighted by molar-refractivity contribution is 5.76. The molecule has 2 aromatic carbocycles. The van der Waals surface area contributed by atoms with Crippen molar-refractivity contribution in [1.82, 2.24) is 0 Å². The van der Waals surface area contributed by atoms with Gasteiger partial charge < -0.3 is 0 Å². The van der Waals surface area contributed by atoms with Crippen LogP contribution in [0.25, 0.3) is 11.1 Å². The third-order valence-corrected chi connectivity index (χ3v) is 3.94. The quantitative estimate of drug-likeness (QED) is 0.628. The molecule has 0 fully saturated rings. The van der Waals surface area contributed by atoms with E-state index in [-0.39, 0.29) is 5.56 Å². The van der Waals surface area contributed by atoms with Gasteiger partial charge in [-0.05, 0) is 30.5 Å². The van der Waals surface area contributed by atoms with Gasteiger partial charge in [0.25, 0.3) is 5.92 Å². The van der Waals surface area contributed by atoms with Crippen molar-refractivity contribution in [2.24, 2.45) is 0 Å². The molecule has 0 amide bonds. The number of halogens is 2. The zero-order valence-electron chi connectivity index (χ0n) is 10.4. The highest BCUT2D eigenvalue weighted by Crippen LogP contribution is 2.55. The summed E-state index contributed by atoms with van der Waals surface area (Å²) in [6.07, 6.45) is 0. The Morgan fingerprint density at radius 3 is 1.78 bits per heavy atom. The maximum atomic E-state index is 14.7. The van der Waals surface area contributed by atoms with E-state index in [2.05, 4.69) is 0 Å². The molecule has 92 valence electrons. The van der Waals surface area contributed by atoms with E-state index in [0.29, 0.717) is 11.1 Å². The highest BCUT2D eigenvalue weighted by Gasteiger charge is 2.53.